The van der Waals surface area contributed by atoms with E-state index in [9.17, 15) is 14.4 Å². The molecule has 0 fully saturated rings. The molecule has 0 heterocycles. The zero-order valence-electron chi connectivity index (χ0n) is 18.4. The number of para-hydroxylation sites is 1. The second-order valence-corrected chi connectivity index (χ2v) is 7.20. The van der Waals surface area contributed by atoms with Crippen LogP contribution in [0.1, 0.15) is 30.6 Å². The van der Waals surface area contributed by atoms with Crippen molar-refractivity contribution in [2.45, 2.75) is 20.3 Å². The van der Waals surface area contributed by atoms with Crippen molar-refractivity contribution in [3.05, 3.63) is 53.1 Å². The van der Waals surface area contributed by atoms with E-state index in [4.69, 9.17) is 25.8 Å². The number of carbonyl (C=O) groups is 3. The Hall–Kier alpha value is -3.26. The van der Waals surface area contributed by atoms with Gasteiger partial charge in [-0.1, -0.05) is 30.7 Å². The molecule has 172 valence electrons. The molecule has 0 aliphatic rings. The predicted octanol–water partition coefficient (Wildman–Crippen LogP) is 3.78. The molecule has 9 heteroatoms. The van der Waals surface area contributed by atoms with Crippen LogP contribution in [0, 0.1) is 0 Å². The van der Waals surface area contributed by atoms with Gasteiger partial charge in [-0.05, 0) is 43.7 Å². The zero-order chi connectivity index (χ0) is 23.5. The van der Waals surface area contributed by atoms with Crippen molar-refractivity contribution in [2.24, 2.45) is 0 Å². The summed E-state index contributed by atoms with van der Waals surface area (Å²) < 4.78 is 16.2. The summed E-state index contributed by atoms with van der Waals surface area (Å²) in [4.78, 5) is 38.0. The number of carbonyl (C=O) groups excluding carboxylic acids is 3. The van der Waals surface area contributed by atoms with Gasteiger partial charge in [-0.25, -0.2) is 4.79 Å². The molecule has 0 saturated heterocycles. The van der Waals surface area contributed by atoms with E-state index in [0.29, 0.717) is 35.4 Å². The third-order valence-electron chi connectivity index (χ3n) is 4.22. The van der Waals surface area contributed by atoms with Crippen LogP contribution in [0.2, 0.25) is 5.02 Å². The molecule has 0 aliphatic carbocycles. The molecule has 0 radical (unpaired) electrons. The van der Waals surface area contributed by atoms with Crippen LogP contribution in [0.4, 0.5) is 5.69 Å². The van der Waals surface area contributed by atoms with Gasteiger partial charge in [-0.3, -0.25) is 9.59 Å². The molecule has 0 atom stereocenters. The van der Waals surface area contributed by atoms with E-state index in [1.54, 1.807) is 36.4 Å². The van der Waals surface area contributed by atoms with Gasteiger partial charge in [0.1, 0.15) is 0 Å². The fourth-order valence-corrected chi connectivity index (χ4v) is 2.79. The lowest BCUT2D eigenvalue weighted by Gasteiger charge is -2.17. The molecule has 32 heavy (non-hydrogen) atoms. The van der Waals surface area contributed by atoms with Gasteiger partial charge in [0, 0.05) is 7.05 Å². The van der Waals surface area contributed by atoms with Crippen LogP contribution >= 0.6 is 11.6 Å². The first kappa shape index (κ1) is 25.0. The summed E-state index contributed by atoms with van der Waals surface area (Å²) in [5, 5.41) is 3.02. The summed E-state index contributed by atoms with van der Waals surface area (Å²) >= 11 is 6.01. The van der Waals surface area contributed by atoms with Crippen LogP contribution in [0.3, 0.4) is 0 Å². The first-order valence-electron chi connectivity index (χ1n) is 10.2. The van der Waals surface area contributed by atoms with Crippen LogP contribution in [0.15, 0.2) is 42.5 Å². The van der Waals surface area contributed by atoms with Gasteiger partial charge in [0.05, 0.1) is 36.0 Å². The van der Waals surface area contributed by atoms with Crippen molar-refractivity contribution in [1.82, 2.24) is 4.90 Å². The molecular formula is C23H27ClN2O6. The largest absolute Gasteiger partial charge is 0.490 e. The maximum Gasteiger partial charge on any atom is 0.338 e. The summed E-state index contributed by atoms with van der Waals surface area (Å²) in [7, 11) is 1.44. The average molecular weight is 463 g/mol. The molecule has 8 nitrogen and oxygen atoms in total. The molecule has 0 aliphatic heterocycles. The summed E-state index contributed by atoms with van der Waals surface area (Å²) in [5.41, 5.74) is 0.673. The van der Waals surface area contributed by atoms with Crippen LogP contribution in [-0.4, -0.2) is 56.1 Å². The Bertz CT molecular complexity index is 950. The molecule has 0 aromatic heterocycles. The highest BCUT2D eigenvalue weighted by molar-refractivity contribution is 6.33. The molecule has 0 unspecified atom stereocenters. The van der Waals surface area contributed by atoms with Crippen molar-refractivity contribution >= 4 is 35.1 Å². The van der Waals surface area contributed by atoms with Crippen LogP contribution in [0.5, 0.6) is 11.5 Å². The second-order valence-electron chi connectivity index (χ2n) is 6.80. The first-order valence-corrected chi connectivity index (χ1v) is 10.6. The number of hydrogen-bond acceptors (Lipinski definition) is 6. The molecule has 2 rings (SSSR count). The predicted molar refractivity (Wildman–Crippen MR) is 121 cm³/mol. The topological polar surface area (TPSA) is 94.2 Å². The van der Waals surface area contributed by atoms with Crippen molar-refractivity contribution in [2.75, 3.05) is 38.7 Å². The Morgan fingerprint density at radius 2 is 1.78 bits per heavy atom. The monoisotopic (exact) mass is 462 g/mol. The lowest BCUT2D eigenvalue weighted by Crippen LogP contribution is -2.37. The Labute approximate surface area is 192 Å². The number of amides is 2. The fraction of sp³-hybridized carbons (Fsp3) is 0.348. The summed E-state index contributed by atoms with van der Waals surface area (Å²) in [5.74, 6) is -0.680. The zero-order valence-corrected chi connectivity index (χ0v) is 19.1. The van der Waals surface area contributed by atoms with E-state index in [-0.39, 0.29) is 12.1 Å². The van der Waals surface area contributed by atoms with Gasteiger partial charge in [-0.15, -0.1) is 0 Å². The minimum atomic E-state index is -0.685. The minimum Gasteiger partial charge on any atom is -0.490 e. The smallest absolute Gasteiger partial charge is 0.338 e. The Kier molecular flexibility index (Phi) is 9.81. The van der Waals surface area contributed by atoms with E-state index in [1.807, 2.05) is 13.8 Å². The summed E-state index contributed by atoms with van der Waals surface area (Å²) in [6.45, 7) is 4.01. The highest BCUT2D eigenvalue weighted by Gasteiger charge is 2.18. The maximum absolute atomic E-state index is 12.4. The minimum absolute atomic E-state index is 0.223. The van der Waals surface area contributed by atoms with Gasteiger partial charge in [-0.2, -0.15) is 0 Å². The van der Waals surface area contributed by atoms with Crippen LogP contribution in [0.25, 0.3) is 0 Å². The van der Waals surface area contributed by atoms with Gasteiger partial charge in [0.2, 0.25) is 5.91 Å². The van der Waals surface area contributed by atoms with Crippen LogP contribution < -0.4 is 14.8 Å². The normalized spacial score (nSPS) is 10.2. The third kappa shape index (κ3) is 7.46. The molecule has 2 aromatic rings. The van der Waals surface area contributed by atoms with Gasteiger partial charge < -0.3 is 24.4 Å². The molecular weight excluding hydrogens is 436 g/mol. The van der Waals surface area contributed by atoms with Gasteiger partial charge in [0.15, 0.2) is 18.1 Å². The SMILES string of the molecule is CCCOc1ccc(C(=O)OCC(=O)N(C)CC(=O)Nc2ccccc2Cl)cc1OCC. The Morgan fingerprint density at radius 3 is 2.47 bits per heavy atom. The molecule has 2 amide bonds. The number of anilines is 1. The summed E-state index contributed by atoms with van der Waals surface area (Å²) in [6, 6.07) is 11.5. The van der Waals surface area contributed by atoms with Gasteiger partial charge >= 0.3 is 5.97 Å². The number of esters is 1. The molecule has 1 N–H and O–H groups in total. The van der Waals surface area contributed by atoms with E-state index in [2.05, 4.69) is 5.32 Å². The van der Waals surface area contributed by atoms with E-state index >= 15 is 0 Å². The fourth-order valence-electron chi connectivity index (χ4n) is 2.61. The van der Waals surface area contributed by atoms with E-state index in [1.165, 1.54) is 13.1 Å². The molecule has 2 aromatic carbocycles. The average Bonchev–Trinajstić information content (AvgIpc) is 2.78. The number of ether oxygens (including phenoxy) is 3. The highest BCUT2D eigenvalue weighted by atomic mass is 35.5. The molecule has 0 saturated carbocycles. The van der Waals surface area contributed by atoms with E-state index in [0.717, 1.165) is 11.3 Å². The Balaban J connectivity index is 1.89. The number of nitrogens with one attached hydrogen (secondary N) is 1. The van der Waals surface area contributed by atoms with Crippen molar-refractivity contribution in [3.8, 4) is 11.5 Å². The van der Waals surface area contributed by atoms with Gasteiger partial charge in [0.25, 0.3) is 5.91 Å². The quantitative estimate of drug-likeness (QED) is 0.511. The second kappa shape index (κ2) is 12.6. The first-order chi connectivity index (χ1) is 15.3. The standard InChI is InChI=1S/C23H27ClN2O6/c1-4-12-31-19-11-10-16(13-20(19)30-5-2)23(29)32-15-22(28)26(3)14-21(27)25-18-9-7-6-8-17(18)24/h6-11,13H,4-5,12,14-15H2,1-3H3,(H,25,27). The molecule has 0 spiro atoms. The number of nitrogens with zero attached hydrogens (tertiary/aromatic N) is 1. The van der Waals surface area contributed by atoms with Crippen molar-refractivity contribution in [1.29, 1.82) is 0 Å². The summed E-state index contributed by atoms with van der Waals surface area (Å²) in [6.07, 6.45) is 0.835. The number of rotatable bonds is 11. The number of likely N-dealkylation sites (N-methyl/N-ethyl adjacent to an activating group) is 1. The highest BCUT2D eigenvalue weighted by Crippen LogP contribution is 2.29. The Morgan fingerprint density at radius 1 is 1.03 bits per heavy atom. The lowest BCUT2D eigenvalue weighted by atomic mass is 10.2. The maximum atomic E-state index is 12.4. The number of halogens is 1. The lowest BCUT2D eigenvalue weighted by molar-refractivity contribution is -0.136. The van der Waals surface area contributed by atoms with Crippen LogP contribution in [-0.2, 0) is 14.3 Å². The van der Waals surface area contributed by atoms with E-state index < -0.39 is 24.4 Å². The third-order valence-corrected chi connectivity index (χ3v) is 4.55. The molecule has 0 bridgehead atoms. The number of benzene rings is 2. The number of hydrogen-bond donors (Lipinski definition) is 1. The van der Waals surface area contributed by atoms with Crippen molar-refractivity contribution in [3.63, 3.8) is 0 Å². The van der Waals surface area contributed by atoms with Crippen molar-refractivity contribution < 1.29 is 28.6 Å².